The van der Waals surface area contributed by atoms with Gasteiger partial charge < -0.3 is 24.8 Å². The van der Waals surface area contributed by atoms with E-state index in [0.29, 0.717) is 11.4 Å². The minimum absolute atomic E-state index is 0.0792. The highest BCUT2D eigenvalue weighted by Gasteiger charge is 2.13. The lowest BCUT2D eigenvalue weighted by atomic mass is 10.2. The molecule has 3 aromatic carbocycles. The highest BCUT2D eigenvalue weighted by Crippen LogP contribution is 2.35. The number of nitrogens with one attached hydrogen (secondary N) is 2. The van der Waals surface area contributed by atoms with E-state index in [-0.39, 0.29) is 19.2 Å². The van der Waals surface area contributed by atoms with Gasteiger partial charge in [0.1, 0.15) is 16.5 Å². The number of ether oxygens (including phenoxy) is 3. The molecule has 4 rings (SSSR count). The van der Waals surface area contributed by atoms with Crippen molar-refractivity contribution >= 4 is 44.9 Å². The van der Waals surface area contributed by atoms with E-state index >= 15 is 0 Å². The van der Waals surface area contributed by atoms with E-state index < -0.39 is 0 Å². The topological polar surface area (TPSA) is 81.7 Å². The lowest BCUT2D eigenvalue weighted by Crippen LogP contribution is -2.29. The molecule has 0 aliphatic rings. The Kier molecular flexibility index (Phi) is 9.57. The molecule has 2 N–H and O–H groups in total. The SMILES string of the molecule is COCOc1cc(-c2nc3ccccc3s2)ccc1NC(=O)CNCCSCc1ccc(OC)cc1. The van der Waals surface area contributed by atoms with E-state index in [1.165, 1.54) is 5.56 Å². The number of thioether (sulfide) groups is 1. The summed E-state index contributed by atoms with van der Waals surface area (Å²) >= 11 is 3.43. The van der Waals surface area contributed by atoms with Gasteiger partial charge in [0.2, 0.25) is 5.91 Å². The molecule has 36 heavy (non-hydrogen) atoms. The second kappa shape index (κ2) is 13.3. The summed E-state index contributed by atoms with van der Waals surface area (Å²) in [5.74, 6) is 3.08. The van der Waals surface area contributed by atoms with Crippen LogP contribution in [0.15, 0.2) is 66.7 Å². The minimum Gasteiger partial charge on any atom is -0.497 e. The Morgan fingerprint density at radius 3 is 2.67 bits per heavy atom. The van der Waals surface area contributed by atoms with Crippen LogP contribution in [0.4, 0.5) is 5.69 Å². The number of benzene rings is 3. The maximum absolute atomic E-state index is 12.5. The zero-order valence-corrected chi connectivity index (χ0v) is 21.9. The van der Waals surface area contributed by atoms with Gasteiger partial charge >= 0.3 is 0 Å². The van der Waals surface area contributed by atoms with Gasteiger partial charge in [-0.1, -0.05) is 24.3 Å². The Morgan fingerprint density at radius 1 is 1.06 bits per heavy atom. The maximum atomic E-state index is 12.5. The first kappa shape index (κ1) is 26.0. The number of methoxy groups -OCH3 is 2. The number of hydrogen-bond acceptors (Lipinski definition) is 8. The van der Waals surface area contributed by atoms with Gasteiger partial charge in [0, 0.05) is 30.7 Å². The zero-order chi connectivity index (χ0) is 25.2. The van der Waals surface area contributed by atoms with Crippen molar-refractivity contribution in [3.05, 3.63) is 72.3 Å². The first-order chi connectivity index (χ1) is 17.7. The molecule has 188 valence electrons. The lowest BCUT2D eigenvalue weighted by Gasteiger charge is -2.13. The molecule has 0 aliphatic carbocycles. The predicted molar refractivity (Wildman–Crippen MR) is 148 cm³/mol. The van der Waals surface area contributed by atoms with E-state index in [9.17, 15) is 4.79 Å². The number of nitrogens with zero attached hydrogens (tertiary/aromatic N) is 1. The third-order valence-corrected chi connectivity index (χ3v) is 7.38. The third-order valence-electron chi connectivity index (χ3n) is 5.27. The number of carbonyl (C=O) groups is 1. The first-order valence-corrected chi connectivity index (χ1v) is 13.5. The fraction of sp³-hybridized carbons (Fsp3) is 0.259. The molecular weight excluding hydrogens is 494 g/mol. The number of rotatable bonds is 13. The van der Waals surface area contributed by atoms with E-state index in [4.69, 9.17) is 19.2 Å². The molecule has 0 bridgehead atoms. The summed E-state index contributed by atoms with van der Waals surface area (Å²) in [5, 5.41) is 7.03. The zero-order valence-electron chi connectivity index (χ0n) is 20.3. The monoisotopic (exact) mass is 523 g/mol. The fourth-order valence-electron chi connectivity index (χ4n) is 3.45. The van der Waals surface area contributed by atoms with Crippen molar-refractivity contribution in [1.29, 1.82) is 0 Å². The summed E-state index contributed by atoms with van der Waals surface area (Å²) in [5.41, 5.74) is 3.73. The second-order valence-corrected chi connectivity index (χ2v) is 10.0. The maximum Gasteiger partial charge on any atom is 0.238 e. The quantitative estimate of drug-likeness (QED) is 0.179. The number of carbonyl (C=O) groups excluding carboxylic acids is 1. The molecule has 1 heterocycles. The molecule has 0 atom stereocenters. The number of anilines is 1. The van der Waals surface area contributed by atoms with E-state index in [1.807, 2.05) is 60.3 Å². The average molecular weight is 524 g/mol. The van der Waals surface area contributed by atoms with Crippen molar-refractivity contribution in [1.82, 2.24) is 10.3 Å². The van der Waals surface area contributed by atoms with E-state index in [2.05, 4.69) is 28.8 Å². The Labute approximate surface area is 219 Å². The van der Waals surface area contributed by atoms with Gasteiger partial charge in [-0.2, -0.15) is 11.8 Å². The standard InChI is InChI=1S/C27H29N3O4S2/c1-32-18-34-24-15-20(27-30-23-5-3-4-6-25(23)36-27)9-12-22(24)29-26(31)16-28-13-14-35-17-19-7-10-21(33-2)11-8-19/h3-12,15,28H,13-14,16-18H2,1-2H3,(H,29,31). The van der Waals surface area contributed by atoms with Crippen molar-refractivity contribution in [3.63, 3.8) is 0 Å². The smallest absolute Gasteiger partial charge is 0.238 e. The van der Waals surface area contributed by atoms with Crippen molar-refractivity contribution in [2.75, 3.05) is 45.2 Å². The van der Waals surface area contributed by atoms with Crippen molar-refractivity contribution < 1.29 is 19.0 Å². The summed E-state index contributed by atoms with van der Waals surface area (Å²) in [4.78, 5) is 17.2. The number of amides is 1. The van der Waals surface area contributed by atoms with Crippen LogP contribution in [0, 0.1) is 0 Å². The van der Waals surface area contributed by atoms with Crippen LogP contribution in [0.3, 0.4) is 0 Å². The molecule has 0 fully saturated rings. The summed E-state index contributed by atoms with van der Waals surface area (Å²) in [6.07, 6.45) is 0. The molecule has 0 spiro atoms. The predicted octanol–water partition coefficient (Wildman–Crippen LogP) is 5.42. The highest BCUT2D eigenvalue weighted by atomic mass is 32.2. The molecule has 1 aromatic heterocycles. The lowest BCUT2D eigenvalue weighted by molar-refractivity contribution is -0.115. The Balaban J connectivity index is 1.28. The number of fused-ring (bicyclic) bond motifs is 1. The largest absolute Gasteiger partial charge is 0.497 e. The molecule has 0 saturated carbocycles. The van der Waals surface area contributed by atoms with Gasteiger partial charge in [0.15, 0.2) is 6.79 Å². The Morgan fingerprint density at radius 2 is 1.89 bits per heavy atom. The molecule has 0 aliphatic heterocycles. The van der Waals surface area contributed by atoms with E-state index in [0.717, 1.165) is 44.6 Å². The van der Waals surface area contributed by atoms with Crippen LogP contribution in [-0.2, 0) is 15.3 Å². The molecule has 1 amide bonds. The van der Waals surface area contributed by atoms with Crippen LogP contribution in [-0.4, -0.2) is 50.7 Å². The molecule has 0 unspecified atom stereocenters. The van der Waals surface area contributed by atoms with Crippen LogP contribution < -0.4 is 20.1 Å². The minimum atomic E-state index is -0.134. The molecule has 4 aromatic rings. The normalized spacial score (nSPS) is 10.9. The van der Waals surface area contributed by atoms with Gasteiger partial charge in [0.25, 0.3) is 0 Å². The molecular formula is C27H29N3O4S2. The van der Waals surface area contributed by atoms with Crippen LogP contribution in [0.2, 0.25) is 0 Å². The highest BCUT2D eigenvalue weighted by molar-refractivity contribution is 7.98. The average Bonchev–Trinajstić information content (AvgIpc) is 3.35. The van der Waals surface area contributed by atoms with Crippen molar-refractivity contribution in [2.45, 2.75) is 5.75 Å². The van der Waals surface area contributed by atoms with Crippen LogP contribution in [0.1, 0.15) is 5.56 Å². The summed E-state index contributed by atoms with van der Waals surface area (Å²) in [7, 11) is 3.23. The summed E-state index contributed by atoms with van der Waals surface area (Å²) in [6.45, 7) is 1.03. The molecule has 7 nitrogen and oxygen atoms in total. The number of aromatic nitrogens is 1. The summed E-state index contributed by atoms with van der Waals surface area (Å²) < 4.78 is 17.1. The van der Waals surface area contributed by atoms with Crippen molar-refractivity contribution in [2.24, 2.45) is 0 Å². The van der Waals surface area contributed by atoms with Crippen LogP contribution in [0.25, 0.3) is 20.8 Å². The number of thiazole rings is 1. The second-order valence-electron chi connectivity index (χ2n) is 7.87. The van der Waals surface area contributed by atoms with Gasteiger partial charge in [-0.15, -0.1) is 11.3 Å². The van der Waals surface area contributed by atoms with Gasteiger partial charge in [-0.05, 0) is 48.0 Å². The molecule has 9 heteroatoms. The number of para-hydroxylation sites is 1. The fourth-order valence-corrected chi connectivity index (χ4v) is 5.27. The van der Waals surface area contributed by atoms with Crippen LogP contribution >= 0.6 is 23.1 Å². The Hall–Kier alpha value is -3.11. The Bertz CT molecular complexity index is 1240. The third kappa shape index (κ3) is 7.20. The van der Waals surface area contributed by atoms with Gasteiger partial charge in [-0.25, -0.2) is 4.98 Å². The molecule has 0 saturated heterocycles. The molecule has 0 radical (unpaired) electrons. The van der Waals surface area contributed by atoms with Crippen molar-refractivity contribution in [3.8, 4) is 22.1 Å². The van der Waals surface area contributed by atoms with Gasteiger partial charge in [0.05, 0.1) is 29.6 Å². The van der Waals surface area contributed by atoms with E-state index in [1.54, 1.807) is 25.6 Å². The number of hydrogen-bond donors (Lipinski definition) is 2. The van der Waals surface area contributed by atoms with Gasteiger partial charge in [-0.3, -0.25) is 4.79 Å². The summed E-state index contributed by atoms with van der Waals surface area (Å²) in [6, 6.07) is 21.8. The van der Waals surface area contributed by atoms with Crippen LogP contribution in [0.5, 0.6) is 11.5 Å². The first-order valence-electron chi connectivity index (χ1n) is 11.5.